The maximum absolute atomic E-state index is 11.5. The van der Waals surface area contributed by atoms with Crippen molar-refractivity contribution in [2.45, 2.75) is 17.7 Å². The predicted octanol–water partition coefficient (Wildman–Crippen LogP) is 0.985. The average molecular weight is 369 g/mol. The fourth-order valence-electron chi connectivity index (χ4n) is 2.20. The Morgan fingerprint density at radius 2 is 2.04 bits per heavy atom. The standard InChI is InChI=1S/C15H23N5O4S/c1-16-15(19-10-11-3-4-11)18-8-7-17-13-6-5-12(25(2,23)24)9-14(13)20(21)22/h5-6,9,11,17H,3-4,7-8,10H2,1-2H3,(H2,16,18,19). The molecular formula is C15H23N5O4S. The molecule has 0 heterocycles. The first-order valence-corrected chi connectivity index (χ1v) is 9.87. The molecule has 0 aliphatic heterocycles. The van der Waals surface area contributed by atoms with Crippen LogP contribution < -0.4 is 16.0 Å². The van der Waals surface area contributed by atoms with Gasteiger partial charge in [-0.3, -0.25) is 15.1 Å². The van der Waals surface area contributed by atoms with Crippen molar-refractivity contribution < 1.29 is 13.3 Å². The number of nitro benzene ring substituents is 1. The molecule has 0 bridgehead atoms. The number of nitrogens with zero attached hydrogens (tertiary/aromatic N) is 2. The molecule has 10 heteroatoms. The van der Waals surface area contributed by atoms with Gasteiger partial charge in [0, 0.05) is 39.0 Å². The number of nitro groups is 1. The van der Waals surface area contributed by atoms with Crippen LogP contribution in [0.1, 0.15) is 12.8 Å². The first kappa shape index (κ1) is 19.0. The third-order valence-electron chi connectivity index (χ3n) is 3.81. The highest BCUT2D eigenvalue weighted by atomic mass is 32.2. The van der Waals surface area contributed by atoms with Gasteiger partial charge >= 0.3 is 0 Å². The van der Waals surface area contributed by atoms with E-state index in [-0.39, 0.29) is 16.3 Å². The lowest BCUT2D eigenvalue weighted by Crippen LogP contribution is -2.40. The molecule has 138 valence electrons. The maximum Gasteiger partial charge on any atom is 0.293 e. The Hall–Kier alpha value is -2.36. The molecule has 0 spiro atoms. The molecule has 1 aromatic rings. The summed E-state index contributed by atoms with van der Waals surface area (Å²) in [5.74, 6) is 1.42. The van der Waals surface area contributed by atoms with E-state index in [0.717, 1.165) is 24.8 Å². The molecule has 3 N–H and O–H groups in total. The molecule has 25 heavy (non-hydrogen) atoms. The molecule has 0 saturated heterocycles. The van der Waals surface area contributed by atoms with Gasteiger partial charge in [0.2, 0.25) is 0 Å². The molecule has 1 aromatic carbocycles. The summed E-state index contributed by atoms with van der Waals surface area (Å²) >= 11 is 0. The maximum atomic E-state index is 11.5. The van der Waals surface area contributed by atoms with Crippen LogP contribution in [0.3, 0.4) is 0 Å². The molecule has 0 radical (unpaired) electrons. The van der Waals surface area contributed by atoms with Crippen LogP contribution >= 0.6 is 0 Å². The van der Waals surface area contributed by atoms with Crippen molar-refractivity contribution in [3.8, 4) is 0 Å². The number of hydrogen-bond donors (Lipinski definition) is 3. The van der Waals surface area contributed by atoms with E-state index in [1.54, 1.807) is 7.05 Å². The fourth-order valence-corrected chi connectivity index (χ4v) is 2.85. The molecule has 0 amide bonds. The summed E-state index contributed by atoms with van der Waals surface area (Å²) in [7, 11) is -1.81. The number of anilines is 1. The minimum Gasteiger partial charge on any atom is -0.378 e. The van der Waals surface area contributed by atoms with Crippen molar-refractivity contribution in [1.29, 1.82) is 0 Å². The second-order valence-electron chi connectivity index (χ2n) is 5.96. The number of aliphatic imine (C=N–C) groups is 1. The van der Waals surface area contributed by atoms with Crippen LogP contribution in [0.2, 0.25) is 0 Å². The first-order chi connectivity index (χ1) is 11.8. The lowest BCUT2D eigenvalue weighted by Gasteiger charge is -2.12. The lowest BCUT2D eigenvalue weighted by atomic mass is 10.2. The molecule has 1 aliphatic carbocycles. The zero-order valence-electron chi connectivity index (χ0n) is 14.3. The fraction of sp³-hybridized carbons (Fsp3) is 0.533. The average Bonchev–Trinajstić information content (AvgIpc) is 3.37. The van der Waals surface area contributed by atoms with Crippen molar-refractivity contribution in [2.24, 2.45) is 10.9 Å². The van der Waals surface area contributed by atoms with Crippen molar-refractivity contribution in [2.75, 3.05) is 38.3 Å². The van der Waals surface area contributed by atoms with Gasteiger partial charge in [-0.2, -0.15) is 0 Å². The van der Waals surface area contributed by atoms with Gasteiger partial charge in [-0.15, -0.1) is 0 Å². The number of rotatable bonds is 8. The third kappa shape index (κ3) is 5.89. The molecule has 9 nitrogen and oxygen atoms in total. The number of sulfone groups is 1. The van der Waals surface area contributed by atoms with E-state index < -0.39 is 14.8 Å². The van der Waals surface area contributed by atoms with Crippen molar-refractivity contribution >= 4 is 27.2 Å². The second-order valence-corrected chi connectivity index (χ2v) is 7.97. The molecule has 0 aromatic heterocycles. The Bertz CT molecular complexity index is 759. The van der Waals surface area contributed by atoms with E-state index in [0.29, 0.717) is 19.0 Å². The summed E-state index contributed by atoms with van der Waals surface area (Å²) in [5.41, 5.74) is 0.0132. The molecule has 1 aliphatic rings. The van der Waals surface area contributed by atoms with E-state index in [4.69, 9.17) is 0 Å². The van der Waals surface area contributed by atoms with Crippen LogP contribution in [-0.4, -0.2) is 52.2 Å². The van der Waals surface area contributed by atoms with Gasteiger partial charge in [0.1, 0.15) is 5.69 Å². The summed E-state index contributed by atoms with van der Waals surface area (Å²) in [6.07, 6.45) is 3.51. The summed E-state index contributed by atoms with van der Waals surface area (Å²) in [6.45, 7) is 1.82. The second kappa shape index (κ2) is 8.15. The zero-order valence-corrected chi connectivity index (χ0v) is 15.1. The Morgan fingerprint density at radius 1 is 1.32 bits per heavy atom. The highest BCUT2D eigenvalue weighted by Gasteiger charge is 2.21. The van der Waals surface area contributed by atoms with Crippen LogP contribution in [0.15, 0.2) is 28.1 Å². The lowest BCUT2D eigenvalue weighted by molar-refractivity contribution is -0.384. The van der Waals surface area contributed by atoms with Gasteiger partial charge in [-0.1, -0.05) is 0 Å². The zero-order chi connectivity index (χ0) is 18.4. The summed E-state index contributed by atoms with van der Waals surface area (Å²) in [4.78, 5) is 14.6. The Balaban J connectivity index is 1.90. The highest BCUT2D eigenvalue weighted by Crippen LogP contribution is 2.28. The smallest absolute Gasteiger partial charge is 0.293 e. The van der Waals surface area contributed by atoms with E-state index in [2.05, 4.69) is 20.9 Å². The van der Waals surface area contributed by atoms with Gasteiger partial charge < -0.3 is 16.0 Å². The number of benzene rings is 1. The van der Waals surface area contributed by atoms with Gasteiger partial charge in [0.05, 0.1) is 9.82 Å². The monoisotopic (exact) mass is 369 g/mol. The number of nitrogens with one attached hydrogen (secondary N) is 3. The van der Waals surface area contributed by atoms with E-state index >= 15 is 0 Å². The van der Waals surface area contributed by atoms with Crippen LogP contribution in [0.4, 0.5) is 11.4 Å². The summed E-state index contributed by atoms with van der Waals surface area (Å²) < 4.78 is 23.1. The minimum atomic E-state index is -3.49. The minimum absolute atomic E-state index is 0.0763. The van der Waals surface area contributed by atoms with E-state index in [9.17, 15) is 18.5 Å². The Labute approximate surface area is 147 Å². The van der Waals surface area contributed by atoms with Crippen LogP contribution in [-0.2, 0) is 9.84 Å². The largest absolute Gasteiger partial charge is 0.378 e. The van der Waals surface area contributed by atoms with Crippen molar-refractivity contribution in [3.05, 3.63) is 28.3 Å². The summed E-state index contributed by atoms with van der Waals surface area (Å²) in [6, 6.07) is 3.84. The van der Waals surface area contributed by atoms with Crippen LogP contribution in [0.5, 0.6) is 0 Å². The quantitative estimate of drug-likeness (QED) is 0.205. The molecular weight excluding hydrogens is 346 g/mol. The highest BCUT2D eigenvalue weighted by molar-refractivity contribution is 7.90. The third-order valence-corrected chi connectivity index (χ3v) is 4.92. The molecule has 0 unspecified atom stereocenters. The van der Waals surface area contributed by atoms with E-state index in [1.165, 1.54) is 25.0 Å². The normalized spacial score (nSPS) is 14.9. The topological polar surface area (TPSA) is 126 Å². The SMILES string of the molecule is CN=C(NCCNc1ccc(S(C)(=O)=O)cc1[N+](=O)[O-])NCC1CC1. The molecule has 0 atom stereocenters. The Morgan fingerprint density at radius 3 is 2.60 bits per heavy atom. The van der Waals surface area contributed by atoms with Crippen molar-refractivity contribution in [3.63, 3.8) is 0 Å². The van der Waals surface area contributed by atoms with Gasteiger partial charge in [-0.05, 0) is 30.9 Å². The van der Waals surface area contributed by atoms with Gasteiger partial charge in [0.25, 0.3) is 5.69 Å². The molecule has 1 saturated carbocycles. The summed E-state index contributed by atoms with van der Waals surface area (Å²) in [5, 5.41) is 20.5. The van der Waals surface area contributed by atoms with Gasteiger partial charge in [0.15, 0.2) is 15.8 Å². The first-order valence-electron chi connectivity index (χ1n) is 7.98. The van der Waals surface area contributed by atoms with Crippen LogP contribution in [0.25, 0.3) is 0 Å². The number of hydrogen-bond acceptors (Lipinski definition) is 6. The van der Waals surface area contributed by atoms with E-state index in [1.807, 2.05) is 0 Å². The van der Waals surface area contributed by atoms with Crippen molar-refractivity contribution in [1.82, 2.24) is 10.6 Å². The van der Waals surface area contributed by atoms with Gasteiger partial charge in [-0.25, -0.2) is 8.42 Å². The number of guanidine groups is 1. The predicted molar refractivity (Wildman–Crippen MR) is 96.8 cm³/mol. The van der Waals surface area contributed by atoms with Crippen LogP contribution in [0, 0.1) is 16.0 Å². The molecule has 1 fully saturated rings. The Kier molecular flexibility index (Phi) is 6.18. The molecule has 2 rings (SSSR count).